The first-order chi connectivity index (χ1) is 11.1. The lowest BCUT2D eigenvalue weighted by molar-refractivity contribution is 0.0977. The molecule has 0 aliphatic heterocycles. The van der Waals surface area contributed by atoms with E-state index in [1.807, 2.05) is 18.2 Å². The normalized spacial score (nSPS) is 12.3. The number of nitrogens with one attached hydrogen (secondary N) is 2. The van der Waals surface area contributed by atoms with E-state index in [9.17, 15) is 10.1 Å². The quantitative estimate of drug-likeness (QED) is 0.536. The number of hydrogen-bond donors (Lipinski definition) is 2. The van der Waals surface area contributed by atoms with Gasteiger partial charge in [0, 0.05) is 8.45 Å². The van der Waals surface area contributed by atoms with Crippen LogP contribution in [-0.4, -0.2) is 11.0 Å². The Balaban J connectivity index is 1.72. The van der Waals surface area contributed by atoms with Crippen molar-refractivity contribution in [2.45, 2.75) is 19.3 Å². The molecule has 0 fully saturated rings. The molecule has 0 radical (unpaired) electrons. The smallest absolute Gasteiger partial charge is 0.258 e. The molecule has 0 unspecified atom stereocenters. The number of rotatable bonds is 2. The molecule has 0 spiro atoms. The fourth-order valence-corrected chi connectivity index (χ4v) is 4.70. The fraction of sp³-hybridized carbons (Fsp3) is 0.188. The second-order valence-corrected chi connectivity index (χ2v) is 7.74. The molecule has 0 saturated carbocycles. The highest BCUT2D eigenvalue weighted by Crippen LogP contribution is 2.38. The van der Waals surface area contributed by atoms with Crippen LogP contribution in [0.4, 0.5) is 5.00 Å². The first kappa shape index (κ1) is 16.4. The van der Waals surface area contributed by atoms with E-state index < -0.39 is 0 Å². The Bertz CT molecular complexity index is 838. The highest BCUT2D eigenvalue weighted by molar-refractivity contribution is 14.1. The Labute approximate surface area is 157 Å². The number of thiocarbonyl (C=S) groups is 1. The second kappa shape index (κ2) is 6.95. The van der Waals surface area contributed by atoms with Crippen LogP contribution in [0.5, 0.6) is 0 Å². The van der Waals surface area contributed by atoms with Gasteiger partial charge in [-0.2, -0.15) is 5.26 Å². The molecule has 3 rings (SSSR count). The van der Waals surface area contributed by atoms with Crippen molar-refractivity contribution >= 4 is 62.2 Å². The largest absolute Gasteiger partial charge is 0.323 e. The van der Waals surface area contributed by atoms with E-state index in [0.29, 0.717) is 11.1 Å². The van der Waals surface area contributed by atoms with Crippen molar-refractivity contribution in [3.63, 3.8) is 0 Å². The predicted octanol–water partition coefficient (Wildman–Crippen LogP) is 3.84. The molecule has 1 aliphatic carbocycles. The summed E-state index contributed by atoms with van der Waals surface area (Å²) >= 11 is 8.89. The topological polar surface area (TPSA) is 64.9 Å². The van der Waals surface area contributed by atoms with E-state index in [0.717, 1.165) is 33.4 Å². The molecule has 1 heterocycles. The monoisotopic (exact) mass is 453 g/mol. The Hall–Kier alpha value is -1.50. The summed E-state index contributed by atoms with van der Waals surface area (Å²) in [6.07, 6.45) is 3.05. The molecule has 1 aliphatic rings. The van der Waals surface area contributed by atoms with Crippen LogP contribution in [-0.2, 0) is 12.8 Å². The van der Waals surface area contributed by atoms with Crippen molar-refractivity contribution in [2.75, 3.05) is 5.32 Å². The lowest BCUT2D eigenvalue weighted by Gasteiger charge is -2.09. The number of anilines is 1. The van der Waals surface area contributed by atoms with Gasteiger partial charge in [-0.15, -0.1) is 11.3 Å². The van der Waals surface area contributed by atoms with Crippen LogP contribution in [0.3, 0.4) is 0 Å². The first-order valence-electron chi connectivity index (χ1n) is 7.01. The predicted molar refractivity (Wildman–Crippen MR) is 104 cm³/mol. The molecule has 1 amide bonds. The maximum Gasteiger partial charge on any atom is 0.258 e. The maximum absolute atomic E-state index is 12.3. The van der Waals surface area contributed by atoms with Crippen LogP contribution in [0, 0.1) is 14.9 Å². The van der Waals surface area contributed by atoms with E-state index in [4.69, 9.17) is 12.2 Å². The third kappa shape index (κ3) is 3.39. The zero-order valence-corrected chi connectivity index (χ0v) is 15.8. The minimum Gasteiger partial charge on any atom is -0.323 e. The van der Waals surface area contributed by atoms with Crippen LogP contribution in [0.2, 0.25) is 0 Å². The van der Waals surface area contributed by atoms with Gasteiger partial charge in [0.25, 0.3) is 5.91 Å². The lowest BCUT2D eigenvalue weighted by Crippen LogP contribution is -2.34. The van der Waals surface area contributed by atoms with Gasteiger partial charge in [-0.1, -0.05) is 12.1 Å². The van der Waals surface area contributed by atoms with Gasteiger partial charge in [0.15, 0.2) is 5.11 Å². The Morgan fingerprint density at radius 3 is 2.87 bits per heavy atom. The number of benzene rings is 1. The molecule has 2 N–H and O–H groups in total. The number of aryl methyl sites for hydroxylation is 1. The molecule has 2 aromatic rings. The van der Waals surface area contributed by atoms with Gasteiger partial charge in [-0.3, -0.25) is 10.1 Å². The number of carbonyl (C=O) groups is 1. The Morgan fingerprint density at radius 2 is 2.13 bits per heavy atom. The summed E-state index contributed by atoms with van der Waals surface area (Å²) in [6, 6.07) is 9.55. The molecule has 4 nitrogen and oxygen atoms in total. The average Bonchev–Trinajstić information content (AvgIpc) is 3.07. The summed E-state index contributed by atoms with van der Waals surface area (Å²) in [7, 11) is 0. The number of fused-ring (bicyclic) bond motifs is 1. The Kier molecular flexibility index (Phi) is 4.94. The molecule has 1 aromatic heterocycles. The molecule has 23 heavy (non-hydrogen) atoms. The van der Waals surface area contributed by atoms with E-state index in [1.165, 1.54) is 4.88 Å². The van der Waals surface area contributed by atoms with Crippen LogP contribution < -0.4 is 10.6 Å². The summed E-state index contributed by atoms with van der Waals surface area (Å²) in [5.41, 5.74) is 2.37. The molecule has 0 bridgehead atoms. The minimum absolute atomic E-state index is 0.214. The van der Waals surface area contributed by atoms with Crippen molar-refractivity contribution in [2.24, 2.45) is 0 Å². The number of nitriles is 1. The molecular formula is C16H12IN3OS2. The van der Waals surface area contributed by atoms with Gasteiger partial charge >= 0.3 is 0 Å². The van der Waals surface area contributed by atoms with Crippen molar-refractivity contribution in [3.05, 3.63) is 49.4 Å². The number of carbonyl (C=O) groups excluding carboxylic acids is 1. The van der Waals surface area contributed by atoms with Gasteiger partial charge in [-0.25, -0.2) is 0 Å². The maximum atomic E-state index is 12.3. The first-order valence-corrected chi connectivity index (χ1v) is 9.32. The van der Waals surface area contributed by atoms with Crippen LogP contribution in [0.25, 0.3) is 0 Å². The third-order valence-corrected chi connectivity index (χ3v) is 5.96. The van der Waals surface area contributed by atoms with E-state index in [1.54, 1.807) is 17.4 Å². The van der Waals surface area contributed by atoms with Crippen molar-refractivity contribution in [1.29, 1.82) is 5.26 Å². The highest BCUT2D eigenvalue weighted by Gasteiger charge is 2.22. The van der Waals surface area contributed by atoms with Crippen molar-refractivity contribution in [1.82, 2.24) is 5.32 Å². The van der Waals surface area contributed by atoms with Gasteiger partial charge < -0.3 is 5.32 Å². The molecular weight excluding hydrogens is 441 g/mol. The molecule has 7 heteroatoms. The molecule has 116 valence electrons. The van der Waals surface area contributed by atoms with E-state index in [-0.39, 0.29) is 11.0 Å². The van der Waals surface area contributed by atoms with Gasteiger partial charge in [0.1, 0.15) is 11.1 Å². The summed E-state index contributed by atoms with van der Waals surface area (Å²) in [5, 5.41) is 16.0. The second-order valence-electron chi connectivity index (χ2n) is 5.06. The number of hydrogen-bond acceptors (Lipinski definition) is 4. The number of thiophene rings is 1. The Morgan fingerprint density at radius 1 is 1.35 bits per heavy atom. The van der Waals surface area contributed by atoms with Gasteiger partial charge in [0.2, 0.25) is 0 Å². The average molecular weight is 453 g/mol. The summed E-state index contributed by atoms with van der Waals surface area (Å²) < 4.78 is 0.859. The lowest BCUT2D eigenvalue weighted by atomic mass is 10.1. The summed E-state index contributed by atoms with van der Waals surface area (Å²) in [4.78, 5) is 13.5. The van der Waals surface area contributed by atoms with E-state index >= 15 is 0 Å². The van der Waals surface area contributed by atoms with E-state index in [2.05, 4.69) is 39.3 Å². The fourth-order valence-electron chi connectivity index (χ4n) is 2.56. The van der Waals surface area contributed by atoms with Crippen molar-refractivity contribution in [3.8, 4) is 6.07 Å². The van der Waals surface area contributed by atoms with Crippen LogP contribution in [0.1, 0.15) is 32.8 Å². The minimum atomic E-state index is -0.255. The zero-order valence-electron chi connectivity index (χ0n) is 12.0. The van der Waals surface area contributed by atoms with Gasteiger partial charge in [-0.05, 0) is 71.8 Å². The summed E-state index contributed by atoms with van der Waals surface area (Å²) in [5.74, 6) is -0.255. The standard InChI is InChI=1S/C16H12IN3OS2/c17-12-6-2-1-4-10(12)14(21)19-16(22)20-15-11(8-18)9-5-3-7-13(9)23-15/h1-2,4,6H,3,5,7H2,(H2,19,20,21,22). The number of amides is 1. The number of nitrogens with zero attached hydrogens (tertiary/aromatic N) is 1. The van der Waals surface area contributed by atoms with Crippen LogP contribution in [0.15, 0.2) is 24.3 Å². The third-order valence-electron chi connectivity index (χ3n) is 3.61. The number of halogens is 1. The van der Waals surface area contributed by atoms with Gasteiger partial charge in [0.05, 0.1) is 11.1 Å². The molecule has 1 aromatic carbocycles. The zero-order chi connectivity index (χ0) is 16.4. The van der Waals surface area contributed by atoms with Crippen molar-refractivity contribution < 1.29 is 4.79 Å². The molecule has 0 atom stereocenters. The molecule has 0 saturated heterocycles. The highest BCUT2D eigenvalue weighted by atomic mass is 127. The van der Waals surface area contributed by atoms with Crippen LogP contribution >= 0.6 is 46.1 Å². The SMILES string of the molecule is N#Cc1c(NC(=S)NC(=O)c2ccccc2I)sc2c1CCC2. The summed E-state index contributed by atoms with van der Waals surface area (Å²) in [6.45, 7) is 0.